The number of rotatable bonds is 9. The maximum absolute atomic E-state index is 8.83. The van der Waals surface area contributed by atoms with E-state index in [1.54, 1.807) is 7.11 Å². The monoisotopic (exact) mass is 311 g/mol. The molecule has 4 N–H and O–H groups in total. The van der Waals surface area contributed by atoms with Crippen LogP contribution >= 0.6 is 11.8 Å². The summed E-state index contributed by atoms with van der Waals surface area (Å²) in [5, 5.41) is 15.4. The van der Waals surface area contributed by atoms with Crippen molar-refractivity contribution in [3.63, 3.8) is 0 Å². The number of ether oxygens (including phenoxy) is 1. The maximum Gasteiger partial charge on any atom is 0.173 e. The first-order chi connectivity index (χ1) is 10.1. The van der Waals surface area contributed by atoms with Crippen molar-refractivity contribution in [1.82, 2.24) is 5.32 Å². The molecule has 0 aliphatic rings. The first kappa shape index (κ1) is 17.7. The van der Waals surface area contributed by atoms with E-state index in [4.69, 9.17) is 15.7 Å². The van der Waals surface area contributed by atoms with Gasteiger partial charge in [-0.3, -0.25) is 0 Å². The molecule has 0 aliphatic heterocycles. The average molecular weight is 311 g/mol. The van der Waals surface area contributed by atoms with Gasteiger partial charge in [-0.05, 0) is 42.5 Å². The Balaban J connectivity index is 2.63. The van der Waals surface area contributed by atoms with E-state index in [1.165, 1.54) is 5.75 Å². The molecule has 5 nitrogen and oxygen atoms in total. The van der Waals surface area contributed by atoms with Gasteiger partial charge in [0.05, 0.1) is 12.7 Å². The second-order valence-electron chi connectivity index (χ2n) is 4.79. The van der Waals surface area contributed by atoms with Crippen LogP contribution in [0, 0.1) is 0 Å². The standard InChI is InChI=1S/C15H25N3O2S/c1-4-21-8-7-11(2)17-10-12-5-6-14(20-3)13(9-12)15(16)18-19/h5-6,9,11,17,19H,4,7-8,10H2,1-3H3,(H2,16,18). The Morgan fingerprint density at radius 3 is 2.90 bits per heavy atom. The first-order valence-corrected chi connectivity index (χ1v) is 8.23. The van der Waals surface area contributed by atoms with Crippen LogP contribution in [0.2, 0.25) is 0 Å². The average Bonchev–Trinajstić information content (AvgIpc) is 2.52. The molecule has 0 spiro atoms. The largest absolute Gasteiger partial charge is 0.496 e. The van der Waals surface area contributed by atoms with Crippen LogP contribution in [0.3, 0.4) is 0 Å². The number of nitrogens with zero attached hydrogens (tertiary/aromatic N) is 1. The Hall–Kier alpha value is -1.40. The highest BCUT2D eigenvalue weighted by molar-refractivity contribution is 7.99. The molecule has 21 heavy (non-hydrogen) atoms. The van der Waals surface area contributed by atoms with Crippen molar-refractivity contribution in [2.45, 2.75) is 32.9 Å². The molecule has 1 atom stereocenters. The third-order valence-corrected chi connectivity index (χ3v) is 4.13. The molecule has 1 unspecified atom stereocenters. The molecule has 0 aromatic heterocycles. The van der Waals surface area contributed by atoms with Gasteiger partial charge in [-0.1, -0.05) is 18.1 Å². The minimum atomic E-state index is 0.0566. The van der Waals surface area contributed by atoms with Gasteiger partial charge in [0.25, 0.3) is 0 Å². The van der Waals surface area contributed by atoms with Crippen molar-refractivity contribution in [3.05, 3.63) is 29.3 Å². The SMILES string of the molecule is CCSCCC(C)NCc1ccc(OC)c(/C(N)=N/O)c1. The van der Waals surface area contributed by atoms with Crippen LogP contribution in [0.1, 0.15) is 31.4 Å². The predicted molar refractivity (Wildman–Crippen MR) is 89.4 cm³/mol. The zero-order valence-electron chi connectivity index (χ0n) is 12.9. The molecule has 0 fully saturated rings. The normalized spacial score (nSPS) is 13.2. The van der Waals surface area contributed by atoms with Gasteiger partial charge >= 0.3 is 0 Å². The predicted octanol–water partition coefficient (Wildman–Crippen LogP) is 2.41. The summed E-state index contributed by atoms with van der Waals surface area (Å²) < 4.78 is 5.22. The molecule has 0 bridgehead atoms. The molecule has 6 heteroatoms. The maximum atomic E-state index is 8.83. The van der Waals surface area contributed by atoms with E-state index in [0.29, 0.717) is 17.4 Å². The number of hydrogen-bond acceptors (Lipinski definition) is 5. The second-order valence-corrected chi connectivity index (χ2v) is 6.18. The Labute approximate surface area is 130 Å². The summed E-state index contributed by atoms with van der Waals surface area (Å²) in [5.74, 6) is 2.99. The molecule has 0 heterocycles. The van der Waals surface area contributed by atoms with Gasteiger partial charge in [0, 0.05) is 12.6 Å². The van der Waals surface area contributed by atoms with Crippen LogP contribution in [-0.4, -0.2) is 35.7 Å². The van der Waals surface area contributed by atoms with Gasteiger partial charge in [-0.15, -0.1) is 0 Å². The third kappa shape index (κ3) is 5.85. The van der Waals surface area contributed by atoms with E-state index in [1.807, 2.05) is 30.0 Å². The van der Waals surface area contributed by atoms with Crippen LogP contribution in [0.15, 0.2) is 23.4 Å². The van der Waals surface area contributed by atoms with Gasteiger partial charge in [0.1, 0.15) is 5.75 Å². The van der Waals surface area contributed by atoms with E-state index < -0.39 is 0 Å². The molecule has 118 valence electrons. The van der Waals surface area contributed by atoms with Crippen molar-refractivity contribution in [1.29, 1.82) is 0 Å². The number of thioether (sulfide) groups is 1. The number of nitrogens with two attached hydrogens (primary N) is 1. The van der Waals surface area contributed by atoms with Crippen LogP contribution < -0.4 is 15.8 Å². The highest BCUT2D eigenvalue weighted by atomic mass is 32.2. The second kappa shape index (κ2) is 9.52. The zero-order valence-corrected chi connectivity index (χ0v) is 13.7. The fraction of sp³-hybridized carbons (Fsp3) is 0.533. The van der Waals surface area contributed by atoms with Gasteiger partial charge in [0.2, 0.25) is 0 Å². The number of hydrogen-bond donors (Lipinski definition) is 3. The van der Waals surface area contributed by atoms with E-state index in [0.717, 1.165) is 24.3 Å². The van der Waals surface area contributed by atoms with E-state index >= 15 is 0 Å². The highest BCUT2D eigenvalue weighted by Crippen LogP contribution is 2.19. The fourth-order valence-corrected chi connectivity index (χ4v) is 2.73. The van der Waals surface area contributed by atoms with Crippen molar-refractivity contribution in [3.8, 4) is 5.75 Å². The molecule has 0 amide bonds. The minimum Gasteiger partial charge on any atom is -0.496 e. The number of nitrogens with one attached hydrogen (secondary N) is 1. The van der Waals surface area contributed by atoms with E-state index in [-0.39, 0.29) is 5.84 Å². The Bertz CT molecular complexity index is 466. The van der Waals surface area contributed by atoms with Crippen LogP contribution in [0.5, 0.6) is 5.75 Å². The van der Waals surface area contributed by atoms with E-state index in [2.05, 4.69) is 24.3 Å². The quantitative estimate of drug-likeness (QED) is 0.214. The smallest absolute Gasteiger partial charge is 0.173 e. The van der Waals surface area contributed by atoms with Gasteiger partial charge in [-0.2, -0.15) is 11.8 Å². The van der Waals surface area contributed by atoms with Crippen LogP contribution in [-0.2, 0) is 6.54 Å². The Kier molecular flexibility index (Phi) is 8.00. The van der Waals surface area contributed by atoms with Gasteiger partial charge in [0.15, 0.2) is 5.84 Å². The molecule has 0 radical (unpaired) electrons. The molecular formula is C15H25N3O2S. The molecule has 1 aromatic rings. The topological polar surface area (TPSA) is 79.9 Å². The fourth-order valence-electron chi connectivity index (χ4n) is 1.92. The summed E-state index contributed by atoms with van der Waals surface area (Å²) in [4.78, 5) is 0. The summed E-state index contributed by atoms with van der Waals surface area (Å²) in [6.07, 6.45) is 1.14. The summed E-state index contributed by atoms with van der Waals surface area (Å²) in [6.45, 7) is 5.10. The van der Waals surface area contributed by atoms with Crippen molar-refractivity contribution < 1.29 is 9.94 Å². The van der Waals surface area contributed by atoms with E-state index in [9.17, 15) is 0 Å². The molecule has 0 saturated heterocycles. The zero-order chi connectivity index (χ0) is 15.7. The van der Waals surface area contributed by atoms with Crippen molar-refractivity contribution >= 4 is 17.6 Å². The molecule has 0 aliphatic carbocycles. The summed E-state index contributed by atoms with van der Waals surface area (Å²) in [7, 11) is 1.56. The lowest BCUT2D eigenvalue weighted by Crippen LogP contribution is -2.26. The highest BCUT2D eigenvalue weighted by Gasteiger charge is 2.09. The number of methoxy groups -OCH3 is 1. The van der Waals surface area contributed by atoms with Gasteiger partial charge in [-0.25, -0.2) is 0 Å². The Morgan fingerprint density at radius 1 is 1.52 bits per heavy atom. The lowest BCUT2D eigenvalue weighted by Gasteiger charge is -2.15. The summed E-state index contributed by atoms with van der Waals surface area (Å²) in [5.41, 5.74) is 7.35. The number of amidine groups is 1. The minimum absolute atomic E-state index is 0.0566. The summed E-state index contributed by atoms with van der Waals surface area (Å²) >= 11 is 1.96. The lowest BCUT2D eigenvalue weighted by molar-refractivity contribution is 0.318. The molecular weight excluding hydrogens is 286 g/mol. The molecule has 1 rings (SSSR count). The summed E-state index contributed by atoms with van der Waals surface area (Å²) in [6, 6.07) is 6.16. The van der Waals surface area contributed by atoms with Gasteiger partial charge < -0.3 is 21.0 Å². The molecule has 0 saturated carbocycles. The molecule has 1 aromatic carbocycles. The van der Waals surface area contributed by atoms with Crippen molar-refractivity contribution in [2.24, 2.45) is 10.9 Å². The first-order valence-electron chi connectivity index (χ1n) is 7.08. The lowest BCUT2D eigenvalue weighted by atomic mass is 10.1. The van der Waals surface area contributed by atoms with Crippen LogP contribution in [0.4, 0.5) is 0 Å². The van der Waals surface area contributed by atoms with Crippen molar-refractivity contribution in [2.75, 3.05) is 18.6 Å². The third-order valence-electron chi connectivity index (χ3n) is 3.20. The van der Waals surface area contributed by atoms with Crippen LogP contribution in [0.25, 0.3) is 0 Å². The Morgan fingerprint density at radius 2 is 2.29 bits per heavy atom. The number of benzene rings is 1. The number of oxime groups is 1.